The summed E-state index contributed by atoms with van der Waals surface area (Å²) < 4.78 is 4.65. The lowest BCUT2D eigenvalue weighted by Gasteiger charge is -2.08. The van der Waals surface area contributed by atoms with Crippen LogP contribution in [0.15, 0.2) is 24.5 Å². The van der Waals surface area contributed by atoms with E-state index in [1.165, 1.54) is 13.8 Å². The van der Waals surface area contributed by atoms with E-state index in [1.807, 2.05) is 0 Å². The highest BCUT2D eigenvalue weighted by Gasteiger charge is 2.25. The Morgan fingerprint density at radius 1 is 0.760 bits per heavy atom. The summed E-state index contributed by atoms with van der Waals surface area (Å²) in [6, 6.07) is 2.32. The summed E-state index contributed by atoms with van der Waals surface area (Å²) in [6.45, 7) is 3.05. The molecule has 0 unspecified atom stereocenters. The van der Waals surface area contributed by atoms with Gasteiger partial charge in [-0.1, -0.05) is 0 Å². The third-order valence-corrected chi connectivity index (χ3v) is 3.17. The van der Waals surface area contributed by atoms with Crippen LogP contribution in [0, 0.1) is 13.8 Å². The number of carbonyl (C=O) groups excluding carboxylic acids is 2. The van der Waals surface area contributed by atoms with Crippen molar-refractivity contribution in [2.45, 2.75) is 13.8 Å². The molecular weight excluding hydrogens is 332 g/mol. The predicted molar refractivity (Wildman–Crippen MR) is 81.6 cm³/mol. The molecule has 0 atom stereocenters. The van der Waals surface area contributed by atoms with Gasteiger partial charge in [0.05, 0.1) is 22.3 Å². The molecule has 0 saturated carbocycles. The summed E-state index contributed by atoms with van der Waals surface area (Å²) >= 11 is 0. The van der Waals surface area contributed by atoms with Gasteiger partial charge in [-0.3, -0.25) is 9.97 Å². The van der Waals surface area contributed by atoms with Gasteiger partial charge in [-0.05, 0) is 26.0 Å². The molecular formula is C16H12N2O7. The standard InChI is InChI=1S/C16H12N2O7/c1-7-3-9(11(5-17-7)13(19)20)15(23)25-16(24)10-4-8(2)18-6-12(10)14(21)22/h3-6H,1-2H3,(H,19,20)(H,21,22). The highest BCUT2D eigenvalue weighted by Crippen LogP contribution is 2.15. The lowest BCUT2D eigenvalue weighted by Crippen LogP contribution is -2.19. The summed E-state index contributed by atoms with van der Waals surface area (Å²) in [5.74, 6) is -5.28. The van der Waals surface area contributed by atoms with Gasteiger partial charge in [0.25, 0.3) is 0 Å². The molecule has 0 radical (unpaired) electrons. The molecule has 2 aromatic rings. The van der Waals surface area contributed by atoms with Crippen molar-refractivity contribution in [2.75, 3.05) is 0 Å². The molecule has 0 aromatic carbocycles. The lowest BCUT2D eigenvalue weighted by molar-refractivity contribution is 0.0386. The summed E-state index contributed by atoms with van der Waals surface area (Å²) in [6.07, 6.45) is 1.94. The molecule has 0 bridgehead atoms. The SMILES string of the molecule is Cc1cc(C(=O)OC(=O)c2cc(C)ncc2C(=O)O)c(C(=O)O)cn1. The molecule has 0 aliphatic heterocycles. The number of aromatic nitrogens is 2. The van der Waals surface area contributed by atoms with Crippen molar-refractivity contribution in [3.8, 4) is 0 Å². The topological polar surface area (TPSA) is 144 Å². The van der Waals surface area contributed by atoms with Crippen molar-refractivity contribution in [1.82, 2.24) is 9.97 Å². The molecule has 0 aliphatic rings. The minimum atomic E-state index is -1.42. The number of hydrogen-bond acceptors (Lipinski definition) is 7. The molecule has 2 N–H and O–H groups in total. The number of esters is 2. The van der Waals surface area contributed by atoms with E-state index in [2.05, 4.69) is 14.7 Å². The summed E-state index contributed by atoms with van der Waals surface area (Å²) in [5, 5.41) is 18.2. The number of rotatable bonds is 4. The monoisotopic (exact) mass is 344 g/mol. The number of hydrogen-bond donors (Lipinski definition) is 2. The second kappa shape index (κ2) is 6.87. The first-order chi connectivity index (χ1) is 11.7. The fraction of sp³-hybridized carbons (Fsp3) is 0.125. The molecule has 0 aliphatic carbocycles. The smallest absolute Gasteiger partial charge is 0.347 e. The Labute approximate surface area is 140 Å². The van der Waals surface area contributed by atoms with Crippen molar-refractivity contribution >= 4 is 23.9 Å². The van der Waals surface area contributed by atoms with Crippen molar-refractivity contribution in [3.05, 3.63) is 58.2 Å². The van der Waals surface area contributed by atoms with Crippen LogP contribution in [-0.4, -0.2) is 44.1 Å². The van der Waals surface area contributed by atoms with Crippen molar-refractivity contribution in [3.63, 3.8) is 0 Å². The molecule has 0 saturated heterocycles. The largest absolute Gasteiger partial charge is 0.478 e. The average molecular weight is 344 g/mol. The van der Waals surface area contributed by atoms with Gasteiger partial charge in [0.1, 0.15) is 0 Å². The van der Waals surface area contributed by atoms with E-state index in [9.17, 15) is 19.2 Å². The average Bonchev–Trinajstić information content (AvgIpc) is 2.53. The van der Waals surface area contributed by atoms with Crippen LogP contribution in [0.25, 0.3) is 0 Å². The van der Waals surface area contributed by atoms with Gasteiger partial charge in [-0.2, -0.15) is 0 Å². The van der Waals surface area contributed by atoms with Gasteiger partial charge in [-0.25, -0.2) is 19.2 Å². The molecule has 9 nitrogen and oxygen atoms in total. The van der Waals surface area contributed by atoms with E-state index < -0.39 is 35.0 Å². The highest BCUT2D eigenvalue weighted by molar-refractivity contribution is 6.10. The Morgan fingerprint density at radius 3 is 1.44 bits per heavy atom. The molecule has 2 aromatic heterocycles. The third-order valence-electron chi connectivity index (χ3n) is 3.17. The molecule has 9 heteroatoms. The summed E-state index contributed by atoms with van der Waals surface area (Å²) in [7, 11) is 0. The zero-order valence-corrected chi connectivity index (χ0v) is 13.1. The van der Waals surface area contributed by atoms with E-state index in [-0.39, 0.29) is 11.1 Å². The maximum atomic E-state index is 12.2. The van der Waals surface area contributed by atoms with Crippen LogP contribution in [0.2, 0.25) is 0 Å². The third kappa shape index (κ3) is 3.83. The van der Waals surface area contributed by atoms with Gasteiger partial charge in [0, 0.05) is 23.8 Å². The Morgan fingerprint density at radius 2 is 1.12 bits per heavy atom. The van der Waals surface area contributed by atoms with Crippen molar-refractivity contribution in [2.24, 2.45) is 0 Å². The lowest BCUT2D eigenvalue weighted by atomic mass is 10.1. The van der Waals surface area contributed by atoms with Crippen LogP contribution < -0.4 is 0 Å². The van der Waals surface area contributed by atoms with Crippen LogP contribution in [0.3, 0.4) is 0 Å². The Hall–Kier alpha value is -3.62. The fourth-order valence-corrected chi connectivity index (χ4v) is 1.99. The number of carboxylic acid groups (broad SMARTS) is 2. The Bertz CT molecular complexity index is 832. The second-order valence-corrected chi connectivity index (χ2v) is 5.03. The second-order valence-electron chi connectivity index (χ2n) is 5.03. The minimum Gasteiger partial charge on any atom is -0.478 e. The molecule has 0 fully saturated rings. The zero-order chi connectivity index (χ0) is 18.7. The number of nitrogens with zero attached hydrogens (tertiary/aromatic N) is 2. The first kappa shape index (κ1) is 17.7. The predicted octanol–water partition coefficient (Wildman–Crippen LogP) is 1.49. The number of aryl methyl sites for hydroxylation is 2. The molecule has 2 heterocycles. The number of carbonyl (C=O) groups is 4. The quantitative estimate of drug-likeness (QED) is 0.622. The van der Waals surface area contributed by atoms with E-state index >= 15 is 0 Å². The van der Waals surface area contributed by atoms with E-state index in [0.717, 1.165) is 24.5 Å². The van der Waals surface area contributed by atoms with Crippen LogP contribution in [0.4, 0.5) is 0 Å². The van der Waals surface area contributed by atoms with E-state index in [1.54, 1.807) is 0 Å². The van der Waals surface area contributed by atoms with Gasteiger partial charge < -0.3 is 14.9 Å². The maximum absolute atomic E-state index is 12.2. The molecule has 2 rings (SSSR count). The fourth-order valence-electron chi connectivity index (χ4n) is 1.99. The van der Waals surface area contributed by atoms with Crippen LogP contribution in [0.1, 0.15) is 52.8 Å². The molecule has 25 heavy (non-hydrogen) atoms. The summed E-state index contributed by atoms with van der Waals surface area (Å²) in [5.41, 5.74) is -0.918. The summed E-state index contributed by atoms with van der Waals surface area (Å²) in [4.78, 5) is 54.2. The number of ether oxygens (including phenoxy) is 1. The highest BCUT2D eigenvalue weighted by atomic mass is 16.6. The minimum absolute atomic E-state index is 0.343. The number of aromatic carboxylic acids is 2. The van der Waals surface area contributed by atoms with E-state index in [4.69, 9.17) is 10.2 Å². The van der Waals surface area contributed by atoms with Crippen molar-refractivity contribution in [1.29, 1.82) is 0 Å². The first-order valence-corrected chi connectivity index (χ1v) is 6.87. The maximum Gasteiger partial charge on any atom is 0.347 e. The normalized spacial score (nSPS) is 10.2. The van der Waals surface area contributed by atoms with Crippen LogP contribution in [0.5, 0.6) is 0 Å². The van der Waals surface area contributed by atoms with Crippen LogP contribution in [-0.2, 0) is 4.74 Å². The molecule has 0 amide bonds. The Balaban J connectivity index is 2.38. The molecule has 128 valence electrons. The zero-order valence-electron chi connectivity index (χ0n) is 13.1. The van der Waals surface area contributed by atoms with Gasteiger partial charge >= 0.3 is 23.9 Å². The van der Waals surface area contributed by atoms with Gasteiger partial charge in [-0.15, -0.1) is 0 Å². The number of pyridine rings is 2. The van der Waals surface area contributed by atoms with Gasteiger partial charge in [0.15, 0.2) is 0 Å². The van der Waals surface area contributed by atoms with Gasteiger partial charge in [0.2, 0.25) is 0 Å². The molecule has 0 spiro atoms. The number of carboxylic acids is 2. The first-order valence-electron chi connectivity index (χ1n) is 6.87. The Kier molecular flexibility index (Phi) is 4.87. The van der Waals surface area contributed by atoms with Crippen molar-refractivity contribution < 1.29 is 34.1 Å². The van der Waals surface area contributed by atoms with Crippen LogP contribution >= 0.6 is 0 Å². The van der Waals surface area contributed by atoms with E-state index in [0.29, 0.717) is 11.4 Å².